The third kappa shape index (κ3) is 7.16. The maximum Gasteiger partial charge on any atom is 0.266 e. The molecule has 0 atom stereocenters. The van der Waals surface area contributed by atoms with Crippen molar-refractivity contribution in [3.05, 3.63) is 70.1 Å². The highest BCUT2D eigenvalue weighted by molar-refractivity contribution is 8.26. The average Bonchev–Trinajstić information content (AvgIpc) is 3.08. The van der Waals surface area contributed by atoms with Crippen LogP contribution in [0.4, 0.5) is 5.69 Å². The number of nitriles is 1. The second kappa shape index (κ2) is 12.5. The summed E-state index contributed by atoms with van der Waals surface area (Å²) < 4.78 is 0.558. The van der Waals surface area contributed by atoms with Gasteiger partial charge in [-0.1, -0.05) is 72.3 Å². The average molecular weight is 498 g/mol. The maximum absolute atomic E-state index is 12.7. The Balaban J connectivity index is 1.46. The van der Waals surface area contributed by atoms with Crippen LogP contribution in [0.5, 0.6) is 0 Å². The van der Waals surface area contributed by atoms with E-state index in [1.807, 2.05) is 48.5 Å². The number of para-hydroxylation sites is 1. The second-order valence-corrected chi connectivity index (χ2v) is 9.60. The Morgan fingerprint density at radius 3 is 2.55 bits per heavy atom. The lowest BCUT2D eigenvalue weighted by Gasteiger charge is -2.22. The zero-order valence-electron chi connectivity index (χ0n) is 18.1. The largest absolute Gasteiger partial charge is 0.311 e. The molecule has 1 saturated heterocycles. The third-order valence-corrected chi connectivity index (χ3v) is 6.76. The van der Waals surface area contributed by atoms with Crippen molar-refractivity contribution in [3.63, 3.8) is 0 Å². The highest BCUT2D eigenvalue weighted by Crippen LogP contribution is 2.33. The lowest BCUT2D eigenvalue weighted by atomic mass is 10.1. The number of hydrogen-bond donors (Lipinski definition) is 0. The van der Waals surface area contributed by atoms with Crippen LogP contribution in [0.3, 0.4) is 0 Å². The first-order chi connectivity index (χ1) is 16.0. The van der Waals surface area contributed by atoms with E-state index in [4.69, 9.17) is 29.1 Å². The van der Waals surface area contributed by atoms with Gasteiger partial charge in [0.05, 0.1) is 17.4 Å². The van der Waals surface area contributed by atoms with Crippen molar-refractivity contribution in [2.45, 2.75) is 32.1 Å². The summed E-state index contributed by atoms with van der Waals surface area (Å²) >= 11 is 12.6. The van der Waals surface area contributed by atoms with Gasteiger partial charge in [0.1, 0.15) is 4.32 Å². The number of halogens is 1. The van der Waals surface area contributed by atoms with Crippen LogP contribution in [0.15, 0.2) is 59.5 Å². The number of carbonyl (C=O) groups excluding carboxylic acids is 2. The van der Waals surface area contributed by atoms with Crippen LogP contribution in [0, 0.1) is 11.3 Å². The van der Waals surface area contributed by atoms with Crippen LogP contribution in [-0.2, 0) is 9.59 Å². The third-order valence-electron chi connectivity index (χ3n) is 5.13. The lowest BCUT2D eigenvalue weighted by Crippen LogP contribution is -2.31. The fourth-order valence-electron chi connectivity index (χ4n) is 3.43. The van der Waals surface area contributed by atoms with E-state index in [9.17, 15) is 9.59 Å². The molecule has 0 spiro atoms. The van der Waals surface area contributed by atoms with Crippen LogP contribution < -0.4 is 4.90 Å². The van der Waals surface area contributed by atoms with Gasteiger partial charge in [0.25, 0.3) is 5.91 Å². The fourth-order valence-corrected chi connectivity index (χ4v) is 4.86. The number of rotatable bonds is 10. The SMILES string of the molecule is N#CCCN(C(=O)CCCCCN1C(=O)C(=Cc2ccc(Cl)cc2)SC1=S)c1ccccc1. The van der Waals surface area contributed by atoms with Gasteiger partial charge in [-0.2, -0.15) is 5.26 Å². The Kier molecular flexibility index (Phi) is 9.49. The van der Waals surface area contributed by atoms with Gasteiger partial charge in [-0.25, -0.2) is 0 Å². The molecule has 0 bridgehead atoms. The molecule has 1 aliphatic rings. The summed E-state index contributed by atoms with van der Waals surface area (Å²) in [6.45, 7) is 0.920. The van der Waals surface area contributed by atoms with E-state index in [-0.39, 0.29) is 11.8 Å². The minimum absolute atomic E-state index is 0.00737. The van der Waals surface area contributed by atoms with Gasteiger partial charge in [0.2, 0.25) is 5.91 Å². The number of thioether (sulfide) groups is 1. The monoisotopic (exact) mass is 497 g/mol. The maximum atomic E-state index is 12.7. The quantitative estimate of drug-likeness (QED) is 0.227. The minimum atomic E-state index is -0.0808. The van der Waals surface area contributed by atoms with Crippen LogP contribution in [0.2, 0.25) is 5.02 Å². The van der Waals surface area contributed by atoms with E-state index in [0.29, 0.717) is 46.6 Å². The smallest absolute Gasteiger partial charge is 0.266 e. The van der Waals surface area contributed by atoms with Gasteiger partial charge in [-0.3, -0.25) is 14.5 Å². The van der Waals surface area contributed by atoms with E-state index in [2.05, 4.69) is 6.07 Å². The number of carbonyl (C=O) groups is 2. The molecule has 170 valence electrons. The Bertz CT molecular complexity index is 1070. The van der Waals surface area contributed by atoms with Crippen molar-refractivity contribution in [1.29, 1.82) is 5.26 Å². The highest BCUT2D eigenvalue weighted by Gasteiger charge is 2.31. The standard InChI is InChI=1S/C25H24ClN3O2S2/c26-20-13-11-19(12-14-20)18-22-24(31)29(25(32)33-22)16-6-2-5-10-23(30)28(17-7-15-27)21-8-3-1-4-9-21/h1,3-4,8-9,11-14,18H,2,5-7,10,16-17H2. The van der Waals surface area contributed by atoms with E-state index in [1.54, 1.807) is 21.9 Å². The highest BCUT2D eigenvalue weighted by atomic mass is 35.5. The molecule has 0 aliphatic carbocycles. The molecule has 1 fully saturated rings. The number of benzene rings is 2. The molecule has 5 nitrogen and oxygen atoms in total. The Labute approximate surface area is 209 Å². The predicted molar refractivity (Wildman–Crippen MR) is 139 cm³/mol. The topological polar surface area (TPSA) is 64.4 Å². The molecule has 0 unspecified atom stereocenters. The number of thiocarbonyl (C=S) groups is 1. The van der Waals surface area contributed by atoms with Crippen molar-refractivity contribution in [1.82, 2.24) is 4.90 Å². The molecule has 2 aromatic rings. The first-order valence-corrected chi connectivity index (χ1v) is 12.3. The lowest BCUT2D eigenvalue weighted by molar-refractivity contribution is -0.122. The molecule has 1 heterocycles. The molecule has 0 N–H and O–H groups in total. The molecule has 2 aromatic carbocycles. The first kappa shape index (κ1) is 25.0. The van der Waals surface area contributed by atoms with E-state index < -0.39 is 0 Å². The van der Waals surface area contributed by atoms with Crippen LogP contribution in [0.25, 0.3) is 6.08 Å². The molecule has 2 amide bonds. The van der Waals surface area contributed by atoms with Crippen LogP contribution in [-0.4, -0.2) is 34.1 Å². The second-order valence-electron chi connectivity index (χ2n) is 7.48. The summed E-state index contributed by atoms with van der Waals surface area (Å²) in [5, 5.41) is 9.56. The van der Waals surface area contributed by atoms with Crippen LogP contribution >= 0.6 is 35.6 Å². The summed E-state index contributed by atoms with van der Waals surface area (Å²) in [5.74, 6) is -0.0734. The minimum Gasteiger partial charge on any atom is -0.311 e. The fraction of sp³-hybridized carbons (Fsp3) is 0.280. The molecule has 3 rings (SSSR count). The van der Waals surface area contributed by atoms with Crippen LogP contribution in [0.1, 0.15) is 37.7 Å². The Morgan fingerprint density at radius 2 is 1.85 bits per heavy atom. The molecule has 0 aromatic heterocycles. The molecule has 0 radical (unpaired) electrons. The normalized spacial score (nSPS) is 14.5. The molecule has 0 saturated carbocycles. The van der Waals surface area contributed by atoms with Crippen molar-refractivity contribution < 1.29 is 9.59 Å². The summed E-state index contributed by atoms with van der Waals surface area (Å²) in [5.41, 5.74) is 1.71. The van der Waals surface area contributed by atoms with Gasteiger partial charge >= 0.3 is 0 Å². The molecular formula is C25H24ClN3O2S2. The van der Waals surface area contributed by atoms with Gasteiger partial charge in [0.15, 0.2) is 0 Å². The van der Waals surface area contributed by atoms with Gasteiger partial charge in [-0.15, -0.1) is 0 Å². The van der Waals surface area contributed by atoms with Gasteiger partial charge in [-0.05, 0) is 48.7 Å². The van der Waals surface area contributed by atoms with Crippen molar-refractivity contribution >= 4 is 63.5 Å². The molecule has 1 aliphatic heterocycles. The first-order valence-electron chi connectivity index (χ1n) is 10.7. The number of hydrogen-bond acceptors (Lipinski definition) is 5. The van der Waals surface area contributed by atoms with Gasteiger partial charge in [0, 0.05) is 30.2 Å². The van der Waals surface area contributed by atoms with E-state index >= 15 is 0 Å². The number of amides is 2. The predicted octanol–water partition coefficient (Wildman–Crippen LogP) is 6.05. The zero-order valence-corrected chi connectivity index (χ0v) is 20.5. The Morgan fingerprint density at radius 1 is 1.12 bits per heavy atom. The summed E-state index contributed by atoms with van der Waals surface area (Å²) in [6, 6.07) is 18.8. The van der Waals surface area contributed by atoms with Crippen molar-refractivity contribution in [2.75, 3.05) is 18.0 Å². The van der Waals surface area contributed by atoms with Crippen molar-refractivity contribution in [3.8, 4) is 6.07 Å². The Hall–Kier alpha value is -2.66. The van der Waals surface area contributed by atoms with Gasteiger partial charge < -0.3 is 4.90 Å². The summed E-state index contributed by atoms with van der Waals surface area (Å²) in [6.07, 6.45) is 4.79. The summed E-state index contributed by atoms with van der Waals surface area (Å²) in [4.78, 5) is 29.4. The molecule has 33 heavy (non-hydrogen) atoms. The zero-order chi connectivity index (χ0) is 23.6. The number of unbranched alkanes of at least 4 members (excludes halogenated alkanes) is 2. The number of anilines is 1. The molecule has 8 heteroatoms. The summed E-state index contributed by atoms with van der Waals surface area (Å²) in [7, 11) is 0. The van der Waals surface area contributed by atoms with E-state index in [0.717, 1.165) is 24.1 Å². The molecular weight excluding hydrogens is 474 g/mol. The van der Waals surface area contributed by atoms with E-state index in [1.165, 1.54) is 11.8 Å². The number of nitrogens with zero attached hydrogens (tertiary/aromatic N) is 3. The van der Waals surface area contributed by atoms with Crippen molar-refractivity contribution in [2.24, 2.45) is 0 Å².